The Morgan fingerprint density at radius 3 is 2.27 bits per heavy atom. The van der Waals surface area contributed by atoms with E-state index in [9.17, 15) is 19.6 Å². The van der Waals surface area contributed by atoms with Gasteiger partial charge in [-0.25, -0.2) is 10.3 Å². The zero-order valence-electron chi connectivity index (χ0n) is 19.2. The summed E-state index contributed by atoms with van der Waals surface area (Å²) in [6, 6.07) is 10.1. The van der Waals surface area contributed by atoms with Crippen molar-refractivity contribution in [2.45, 2.75) is 44.6 Å². The number of hydrogen-bond donors (Lipinski definition) is 2. The number of amides is 3. The Morgan fingerprint density at radius 2 is 1.64 bits per heavy atom. The maximum absolute atomic E-state index is 13.4. The molecule has 9 heteroatoms. The molecule has 0 unspecified atom stereocenters. The molecule has 1 saturated carbocycles. The number of rotatable bonds is 4. The summed E-state index contributed by atoms with van der Waals surface area (Å²) in [7, 11) is 0. The lowest BCUT2D eigenvalue weighted by Crippen LogP contribution is -2.55. The average molecular weight is 459 g/mol. The van der Waals surface area contributed by atoms with Gasteiger partial charge in [0.05, 0.1) is 11.8 Å². The van der Waals surface area contributed by atoms with E-state index < -0.39 is 23.3 Å². The van der Waals surface area contributed by atoms with E-state index in [-0.39, 0.29) is 18.4 Å². The first-order valence-corrected chi connectivity index (χ1v) is 11.9. The molecular weight excluding hydrogens is 424 g/mol. The van der Waals surface area contributed by atoms with Gasteiger partial charge in [0.15, 0.2) is 0 Å². The Labute approximate surface area is 194 Å². The van der Waals surface area contributed by atoms with Crippen LogP contribution in [-0.2, 0) is 14.3 Å². The highest BCUT2D eigenvalue weighted by Gasteiger charge is 2.47. The Balaban J connectivity index is 1.39. The SMILES string of the molecule is C[C@]1(OC(=O)N2CCCC2)CC[C@H](C(=O)N2CCN(c3ccccc3)CC2)[C@@H](C(=O)NO)C1. The van der Waals surface area contributed by atoms with E-state index in [2.05, 4.69) is 17.0 Å². The molecule has 1 aromatic carbocycles. The van der Waals surface area contributed by atoms with Crippen LogP contribution in [0.4, 0.5) is 10.5 Å². The molecule has 3 aliphatic rings. The first-order chi connectivity index (χ1) is 15.9. The molecule has 3 atom stereocenters. The van der Waals surface area contributed by atoms with Crippen molar-refractivity contribution < 1.29 is 24.3 Å². The summed E-state index contributed by atoms with van der Waals surface area (Å²) in [5.74, 6) is -1.96. The van der Waals surface area contributed by atoms with Crippen molar-refractivity contribution in [3.63, 3.8) is 0 Å². The van der Waals surface area contributed by atoms with Gasteiger partial charge in [0.1, 0.15) is 5.60 Å². The van der Waals surface area contributed by atoms with Gasteiger partial charge in [-0.2, -0.15) is 0 Å². The van der Waals surface area contributed by atoms with Crippen LogP contribution < -0.4 is 10.4 Å². The Hall–Kier alpha value is -2.81. The standard InChI is InChI=1S/C24H34N4O5/c1-24(33-23(31)28-11-5-6-12-28)10-9-19(20(17-24)21(29)25-32)22(30)27-15-13-26(14-16-27)18-7-3-2-4-8-18/h2-4,7-8,19-20,32H,5-6,9-17H2,1H3,(H,25,29)/t19-,20-,24-/m0/s1. The molecule has 2 N–H and O–H groups in total. The third kappa shape index (κ3) is 5.24. The van der Waals surface area contributed by atoms with Gasteiger partial charge in [-0.3, -0.25) is 14.8 Å². The van der Waals surface area contributed by atoms with Crippen molar-refractivity contribution >= 4 is 23.6 Å². The molecule has 4 rings (SSSR count). The Bertz CT molecular complexity index is 852. The summed E-state index contributed by atoms with van der Waals surface area (Å²) in [5, 5.41) is 9.34. The summed E-state index contributed by atoms with van der Waals surface area (Å²) >= 11 is 0. The molecule has 1 aromatic rings. The first-order valence-electron chi connectivity index (χ1n) is 11.9. The van der Waals surface area contributed by atoms with Crippen LogP contribution in [0.15, 0.2) is 30.3 Å². The van der Waals surface area contributed by atoms with Gasteiger partial charge in [0, 0.05) is 45.0 Å². The van der Waals surface area contributed by atoms with E-state index >= 15 is 0 Å². The lowest BCUT2D eigenvalue weighted by molar-refractivity contribution is -0.152. The molecule has 9 nitrogen and oxygen atoms in total. The largest absolute Gasteiger partial charge is 0.443 e. The van der Waals surface area contributed by atoms with Crippen LogP contribution in [0.1, 0.15) is 39.0 Å². The molecule has 2 saturated heterocycles. The van der Waals surface area contributed by atoms with E-state index in [4.69, 9.17) is 4.74 Å². The van der Waals surface area contributed by atoms with Crippen molar-refractivity contribution in [1.82, 2.24) is 15.3 Å². The highest BCUT2D eigenvalue weighted by atomic mass is 16.6. The smallest absolute Gasteiger partial charge is 0.410 e. The Kier molecular flexibility index (Phi) is 7.07. The fraction of sp³-hybridized carbons (Fsp3) is 0.625. The second-order valence-corrected chi connectivity index (χ2v) is 9.59. The minimum Gasteiger partial charge on any atom is -0.443 e. The zero-order chi connectivity index (χ0) is 23.4. The van der Waals surface area contributed by atoms with E-state index in [1.54, 1.807) is 10.4 Å². The first kappa shape index (κ1) is 23.4. The number of hydrogen-bond acceptors (Lipinski definition) is 6. The lowest BCUT2D eigenvalue weighted by atomic mass is 9.71. The van der Waals surface area contributed by atoms with Crippen molar-refractivity contribution in [3.05, 3.63) is 30.3 Å². The minimum absolute atomic E-state index is 0.0655. The summed E-state index contributed by atoms with van der Waals surface area (Å²) in [4.78, 5) is 44.2. The minimum atomic E-state index is -0.848. The number of nitrogens with one attached hydrogen (secondary N) is 1. The van der Waals surface area contributed by atoms with E-state index in [1.807, 2.05) is 30.0 Å². The molecule has 0 spiro atoms. The quantitative estimate of drug-likeness (QED) is 0.530. The van der Waals surface area contributed by atoms with Crippen LogP contribution in [0.25, 0.3) is 0 Å². The number of piperazine rings is 1. The number of likely N-dealkylation sites (tertiary alicyclic amines) is 1. The summed E-state index contributed by atoms with van der Waals surface area (Å²) in [5.41, 5.74) is 2.02. The highest BCUT2D eigenvalue weighted by molar-refractivity contribution is 5.88. The molecular formula is C24H34N4O5. The second kappa shape index (κ2) is 9.99. The zero-order valence-corrected chi connectivity index (χ0v) is 19.2. The van der Waals surface area contributed by atoms with Crippen molar-refractivity contribution in [1.29, 1.82) is 0 Å². The van der Waals surface area contributed by atoms with E-state index in [1.165, 1.54) is 0 Å². The number of anilines is 1. The van der Waals surface area contributed by atoms with Gasteiger partial charge in [0.25, 0.3) is 0 Å². The number of benzene rings is 1. The van der Waals surface area contributed by atoms with E-state index in [0.29, 0.717) is 39.0 Å². The van der Waals surface area contributed by atoms with Crippen molar-refractivity contribution in [2.75, 3.05) is 44.2 Å². The van der Waals surface area contributed by atoms with Crippen molar-refractivity contribution in [3.8, 4) is 0 Å². The number of nitrogens with zero attached hydrogens (tertiary/aromatic N) is 3. The van der Waals surface area contributed by atoms with Gasteiger partial charge < -0.3 is 19.4 Å². The molecule has 2 aliphatic heterocycles. The predicted molar refractivity (Wildman–Crippen MR) is 122 cm³/mol. The molecule has 0 radical (unpaired) electrons. The number of ether oxygens (including phenoxy) is 1. The molecule has 3 amide bonds. The van der Waals surface area contributed by atoms with Crippen LogP contribution in [-0.4, -0.2) is 77.8 Å². The van der Waals surface area contributed by atoms with Crippen LogP contribution in [0.5, 0.6) is 0 Å². The molecule has 2 heterocycles. The Morgan fingerprint density at radius 1 is 0.970 bits per heavy atom. The highest BCUT2D eigenvalue weighted by Crippen LogP contribution is 2.40. The van der Waals surface area contributed by atoms with Crippen LogP contribution in [0.2, 0.25) is 0 Å². The molecule has 0 aromatic heterocycles. The van der Waals surface area contributed by atoms with Crippen molar-refractivity contribution in [2.24, 2.45) is 11.8 Å². The molecule has 1 aliphatic carbocycles. The van der Waals surface area contributed by atoms with Crippen LogP contribution >= 0.6 is 0 Å². The van der Waals surface area contributed by atoms with E-state index in [0.717, 1.165) is 31.6 Å². The fourth-order valence-corrected chi connectivity index (χ4v) is 5.35. The lowest BCUT2D eigenvalue weighted by Gasteiger charge is -2.43. The number of hydroxylamine groups is 1. The van der Waals surface area contributed by atoms with Crippen LogP contribution in [0.3, 0.4) is 0 Å². The number of carbonyl (C=O) groups excluding carboxylic acids is 3. The predicted octanol–water partition coefficient (Wildman–Crippen LogP) is 2.25. The van der Waals surface area contributed by atoms with Gasteiger partial charge in [-0.1, -0.05) is 18.2 Å². The van der Waals surface area contributed by atoms with Gasteiger partial charge in [0.2, 0.25) is 11.8 Å². The van der Waals surface area contributed by atoms with Gasteiger partial charge >= 0.3 is 6.09 Å². The topological polar surface area (TPSA) is 102 Å². The summed E-state index contributed by atoms with van der Waals surface area (Å²) in [6.07, 6.45) is 2.71. The maximum Gasteiger partial charge on any atom is 0.410 e. The molecule has 3 fully saturated rings. The average Bonchev–Trinajstić information content (AvgIpc) is 3.39. The van der Waals surface area contributed by atoms with Gasteiger partial charge in [-0.05, 0) is 51.2 Å². The molecule has 180 valence electrons. The maximum atomic E-state index is 13.4. The third-order valence-corrected chi connectivity index (χ3v) is 7.30. The fourth-order valence-electron chi connectivity index (χ4n) is 5.35. The monoisotopic (exact) mass is 458 g/mol. The van der Waals surface area contributed by atoms with Gasteiger partial charge in [-0.15, -0.1) is 0 Å². The normalized spacial score (nSPS) is 27.9. The molecule has 0 bridgehead atoms. The summed E-state index contributed by atoms with van der Waals surface area (Å²) < 4.78 is 5.82. The third-order valence-electron chi connectivity index (χ3n) is 7.30. The van der Waals surface area contributed by atoms with Crippen LogP contribution in [0, 0.1) is 11.8 Å². The summed E-state index contributed by atoms with van der Waals surface area (Å²) in [6.45, 7) is 5.81. The molecule has 33 heavy (non-hydrogen) atoms. The number of carbonyl (C=O) groups is 3. The number of para-hydroxylation sites is 1. The second-order valence-electron chi connectivity index (χ2n) is 9.59.